The number of hydrogen-bond acceptors (Lipinski definition) is 0. The number of rotatable bonds is 1. The lowest BCUT2D eigenvalue weighted by atomic mass is 10.9. The molecule has 0 aliphatic rings. The molecule has 68 valence electrons. The molecule has 6 heteroatoms. The Hall–Kier alpha value is 1.67. The van der Waals surface area contributed by atoms with E-state index in [0.29, 0.717) is 0 Å². The molecule has 0 N–H and O–H groups in total. The Morgan fingerprint density at radius 2 is 1.09 bits per heavy atom. The highest BCUT2D eigenvalue weighted by atomic mass is 35.6. The van der Waals surface area contributed by atoms with Crippen molar-refractivity contribution in [1.29, 1.82) is 0 Å². The van der Waals surface area contributed by atoms with Gasteiger partial charge in [-0.1, -0.05) is 54.4 Å². The van der Waals surface area contributed by atoms with E-state index in [9.17, 15) is 0 Å². The summed E-state index contributed by atoms with van der Waals surface area (Å²) in [6, 6.07) is 0. The van der Waals surface area contributed by atoms with Crippen LogP contribution < -0.4 is 0 Å². The maximum atomic E-state index is 5.92. The van der Waals surface area contributed by atoms with Gasteiger partial charge in [-0.2, -0.15) is 0 Å². The van der Waals surface area contributed by atoms with Gasteiger partial charge in [-0.25, -0.2) is 0 Å². The fourth-order valence-electron chi connectivity index (χ4n) is 0.425. The monoisotopic (exact) mass is 272 g/mol. The lowest BCUT2D eigenvalue weighted by Gasteiger charge is -2.37. The van der Waals surface area contributed by atoms with Crippen molar-refractivity contribution in [2.24, 2.45) is 0 Å². The lowest BCUT2D eigenvalue weighted by molar-refractivity contribution is 1.04. The molecule has 0 aliphatic carbocycles. The van der Waals surface area contributed by atoms with Gasteiger partial charge in [-0.3, -0.25) is 0 Å². The van der Waals surface area contributed by atoms with E-state index in [2.05, 4.69) is 0 Å². The molecule has 0 aromatic heterocycles. The Bertz CT molecular complexity index is 126. The van der Waals surface area contributed by atoms with Crippen LogP contribution in [0.5, 0.6) is 0 Å². The van der Waals surface area contributed by atoms with E-state index in [4.69, 9.17) is 58.0 Å². The van der Waals surface area contributed by atoms with Crippen LogP contribution in [0.1, 0.15) is 0 Å². The highest BCUT2D eigenvalue weighted by Crippen LogP contribution is 2.50. The Morgan fingerprint density at radius 1 is 0.818 bits per heavy atom. The molecule has 0 rings (SSSR count). The summed E-state index contributed by atoms with van der Waals surface area (Å²) in [5.74, 6) is 0. The average molecular weight is 274 g/mol. The first kappa shape index (κ1) is 12.7. The number of halogens is 5. The Kier molecular flexibility index (Phi) is 3.95. The van der Waals surface area contributed by atoms with E-state index < -0.39 is 15.8 Å². The second-order valence-corrected chi connectivity index (χ2v) is 12.8. The zero-order chi connectivity index (χ0) is 9.50. The molecule has 0 amide bonds. The zero-order valence-electron chi connectivity index (χ0n) is 6.39. The molecular formula is C5H9Cl5Si. The summed E-state index contributed by atoms with van der Waals surface area (Å²) in [5, 5.41) is 0. The van der Waals surface area contributed by atoms with Gasteiger partial charge in [0.1, 0.15) is 0 Å². The quantitative estimate of drug-likeness (QED) is 0.491. The van der Waals surface area contributed by atoms with Gasteiger partial charge >= 0.3 is 0 Å². The third-order valence-corrected chi connectivity index (χ3v) is 9.43. The molecular weight excluding hydrogens is 265 g/mol. The summed E-state index contributed by atoms with van der Waals surface area (Å²) in [7, 11) is -1.89. The van der Waals surface area contributed by atoms with E-state index >= 15 is 0 Å². The minimum absolute atomic E-state index is 1.25. The lowest BCUT2D eigenvalue weighted by Crippen LogP contribution is -2.52. The standard InChI is InChI=1S/C5H9Cl5Si/c1-11(2,3)5(9,10)4(6,7)8/h1-3H3. The van der Waals surface area contributed by atoms with Gasteiger partial charge in [0.15, 0.2) is 3.96 Å². The van der Waals surface area contributed by atoms with Crippen LogP contribution in [-0.2, 0) is 0 Å². The fraction of sp³-hybridized carbons (Fsp3) is 1.00. The van der Waals surface area contributed by atoms with Crippen molar-refractivity contribution in [1.82, 2.24) is 0 Å². The molecule has 0 bridgehead atoms. The summed E-state index contributed by atoms with van der Waals surface area (Å²) in [5.41, 5.74) is 0. The first-order valence-corrected chi connectivity index (χ1v) is 8.33. The van der Waals surface area contributed by atoms with Crippen molar-refractivity contribution in [3.05, 3.63) is 0 Å². The fourth-order valence-corrected chi connectivity index (χ4v) is 3.83. The van der Waals surface area contributed by atoms with Gasteiger partial charge in [0, 0.05) is 0 Å². The highest BCUT2D eigenvalue weighted by molar-refractivity contribution is 6.99. The number of hydrogen-bond donors (Lipinski definition) is 0. The summed E-state index contributed by atoms with van der Waals surface area (Å²) in [6.45, 7) is 5.82. The van der Waals surface area contributed by atoms with E-state index in [-0.39, 0.29) is 0 Å². The largest absolute Gasteiger partial charge is 0.219 e. The molecule has 0 aromatic carbocycles. The molecule has 0 unspecified atom stereocenters. The van der Waals surface area contributed by atoms with Crippen molar-refractivity contribution in [2.45, 2.75) is 27.4 Å². The maximum absolute atomic E-state index is 5.92. The SMILES string of the molecule is C[Si](C)(C)C(Cl)(Cl)C(Cl)(Cl)Cl. The van der Waals surface area contributed by atoms with Gasteiger partial charge in [0.25, 0.3) is 0 Å². The van der Waals surface area contributed by atoms with Gasteiger partial charge < -0.3 is 0 Å². The van der Waals surface area contributed by atoms with Gasteiger partial charge in [0.2, 0.25) is 3.79 Å². The minimum Gasteiger partial charge on any atom is -0.101 e. The second kappa shape index (κ2) is 3.43. The number of alkyl halides is 5. The van der Waals surface area contributed by atoms with Crippen LogP contribution in [-0.4, -0.2) is 15.8 Å². The second-order valence-electron chi connectivity index (χ2n) is 3.32. The Balaban J connectivity index is 4.75. The van der Waals surface area contributed by atoms with Crippen LogP contribution in [0.25, 0.3) is 0 Å². The highest BCUT2D eigenvalue weighted by Gasteiger charge is 2.54. The molecule has 0 radical (unpaired) electrons. The van der Waals surface area contributed by atoms with E-state index in [1.807, 2.05) is 19.6 Å². The molecule has 11 heavy (non-hydrogen) atoms. The van der Waals surface area contributed by atoms with Crippen LogP contribution in [0.2, 0.25) is 19.6 Å². The van der Waals surface area contributed by atoms with Crippen molar-refractivity contribution in [3.8, 4) is 0 Å². The van der Waals surface area contributed by atoms with Crippen molar-refractivity contribution in [3.63, 3.8) is 0 Å². The minimum atomic E-state index is -1.89. The molecule has 0 fully saturated rings. The van der Waals surface area contributed by atoms with Crippen LogP contribution in [0, 0.1) is 0 Å². The summed E-state index contributed by atoms with van der Waals surface area (Å²) < 4.78 is -2.86. The predicted molar refractivity (Wildman–Crippen MR) is 58.1 cm³/mol. The molecule has 0 nitrogen and oxygen atoms in total. The molecule has 0 spiro atoms. The third kappa shape index (κ3) is 2.82. The van der Waals surface area contributed by atoms with Crippen LogP contribution in [0.15, 0.2) is 0 Å². The first-order valence-electron chi connectivity index (χ1n) is 2.94. The normalized spacial score (nSPS) is 15.3. The first-order chi connectivity index (χ1) is 4.50. The molecule has 0 saturated carbocycles. The van der Waals surface area contributed by atoms with Crippen LogP contribution in [0.3, 0.4) is 0 Å². The van der Waals surface area contributed by atoms with Gasteiger partial charge in [-0.15, -0.1) is 23.2 Å². The molecule has 0 aliphatic heterocycles. The maximum Gasteiger partial charge on any atom is 0.219 e. The molecule has 0 saturated heterocycles. The molecule has 0 atom stereocenters. The molecule has 0 heterocycles. The van der Waals surface area contributed by atoms with E-state index in [1.54, 1.807) is 0 Å². The smallest absolute Gasteiger partial charge is 0.101 e. The van der Waals surface area contributed by atoms with Crippen LogP contribution >= 0.6 is 58.0 Å². The van der Waals surface area contributed by atoms with E-state index in [1.165, 1.54) is 0 Å². The van der Waals surface area contributed by atoms with Crippen molar-refractivity contribution >= 4 is 66.1 Å². The Labute approximate surface area is 93.1 Å². The van der Waals surface area contributed by atoms with E-state index in [0.717, 1.165) is 0 Å². The van der Waals surface area contributed by atoms with Crippen LogP contribution in [0.4, 0.5) is 0 Å². The average Bonchev–Trinajstić information content (AvgIpc) is 1.58. The van der Waals surface area contributed by atoms with Gasteiger partial charge in [0.05, 0.1) is 8.07 Å². The van der Waals surface area contributed by atoms with Crippen molar-refractivity contribution in [2.75, 3.05) is 0 Å². The van der Waals surface area contributed by atoms with Crippen molar-refractivity contribution < 1.29 is 0 Å². The Morgan fingerprint density at radius 3 is 1.09 bits per heavy atom. The molecule has 0 aromatic rings. The predicted octanol–water partition coefficient (Wildman–Crippen LogP) is 4.41. The topological polar surface area (TPSA) is 0 Å². The van der Waals surface area contributed by atoms with Gasteiger partial charge in [-0.05, 0) is 0 Å². The third-order valence-electron chi connectivity index (χ3n) is 1.30. The summed E-state index contributed by atoms with van der Waals surface area (Å²) in [4.78, 5) is 0. The zero-order valence-corrected chi connectivity index (χ0v) is 11.2. The summed E-state index contributed by atoms with van der Waals surface area (Å²) >= 11 is 28.7. The summed E-state index contributed by atoms with van der Waals surface area (Å²) in [6.07, 6.45) is 0.